The first kappa shape index (κ1) is 34.2. The number of phenols is 2. The highest BCUT2D eigenvalue weighted by Crippen LogP contribution is 2.48. The molecule has 0 amide bonds. The van der Waals surface area contributed by atoms with Crippen molar-refractivity contribution in [1.29, 1.82) is 0 Å². The number of hydrogen-bond donors (Lipinski definition) is 2. The minimum atomic E-state index is 0.0534. The zero-order valence-corrected chi connectivity index (χ0v) is 26.3. The third-order valence-electron chi connectivity index (χ3n) is 8.42. The number of hydrogen-bond acceptors (Lipinski definition) is 4. The van der Waals surface area contributed by atoms with E-state index in [0.29, 0.717) is 17.9 Å². The number of aromatic hydroxyl groups is 2. The third-order valence-corrected chi connectivity index (χ3v) is 8.42. The minimum Gasteiger partial charge on any atom is -0.504 e. The maximum Gasteiger partial charge on any atom is 0.207 e. The van der Waals surface area contributed by atoms with Gasteiger partial charge in [-0.2, -0.15) is 0 Å². The van der Waals surface area contributed by atoms with Crippen LogP contribution in [0.4, 0.5) is 0 Å². The van der Waals surface area contributed by atoms with Gasteiger partial charge in [0, 0.05) is 11.1 Å². The lowest BCUT2D eigenvalue weighted by atomic mass is 9.89. The normalized spacial score (nSPS) is 14.6. The predicted molar refractivity (Wildman–Crippen MR) is 163 cm³/mol. The summed E-state index contributed by atoms with van der Waals surface area (Å²) < 4.78 is 10.5. The molecule has 4 atom stereocenters. The maximum atomic E-state index is 10.7. The van der Waals surface area contributed by atoms with Gasteiger partial charge in [-0.05, 0) is 70.1 Å². The zero-order valence-electron chi connectivity index (χ0n) is 26.3. The van der Waals surface area contributed by atoms with E-state index in [0.717, 1.165) is 29.7 Å². The average molecular weight is 533 g/mol. The van der Waals surface area contributed by atoms with Crippen molar-refractivity contribution in [3.05, 3.63) is 22.8 Å². The number of allylic oxidation sites excluding steroid dienone is 2. The number of rotatable bonds is 20. The van der Waals surface area contributed by atoms with E-state index in [9.17, 15) is 10.2 Å². The highest BCUT2D eigenvalue weighted by molar-refractivity contribution is 5.65. The maximum absolute atomic E-state index is 10.7. The lowest BCUT2D eigenvalue weighted by molar-refractivity contribution is 0.313. The number of ether oxygens (including phenoxy) is 2. The van der Waals surface area contributed by atoms with Crippen LogP contribution in [0, 0.1) is 30.6 Å². The van der Waals surface area contributed by atoms with Gasteiger partial charge in [-0.3, -0.25) is 0 Å². The molecule has 220 valence electrons. The number of phenolic OH excluding ortho intramolecular Hbond substituents is 2. The van der Waals surface area contributed by atoms with Crippen molar-refractivity contribution >= 4 is 0 Å². The first-order chi connectivity index (χ1) is 18.0. The molecule has 4 heteroatoms. The smallest absolute Gasteiger partial charge is 0.207 e. The molecule has 1 rings (SSSR count). The van der Waals surface area contributed by atoms with E-state index in [1.54, 1.807) is 0 Å². The van der Waals surface area contributed by atoms with Crippen molar-refractivity contribution in [3.63, 3.8) is 0 Å². The molecule has 1 aromatic carbocycles. The summed E-state index contributed by atoms with van der Waals surface area (Å²) in [5.74, 6) is 3.61. The van der Waals surface area contributed by atoms with Crippen LogP contribution in [0.1, 0.15) is 130 Å². The van der Waals surface area contributed by atoms with Crippen LogP contribution in [-0.2, 0) is 6.42 Å². The van der Waals surface area contributed by atoms with E-state index in [1.807, 2.05) is 6.92 Å². The van der Waals surface area contributed by atoms with E-state index >= 15 is 0 Å². The molecule has 0 aliphatic carbocycles. The molecule has 0 heterocycles. The van der Waals surface area contributed by atoms with Crippen LogP contribution in [0.15, 0.2) is 11.6 Å². The highest BCUT2D eigenvalue weighted by atomic mass is 16.5. The molecular formula is C34H60O4. The van der Waals surface area contributed by atoms with Crippen molar-refractivity contribution in [2.24, 2.45) is 23.7 Å². The van der Waals surface area contributed by atoms with Crippen LogP contribution in [0.5, 0.6) is 23.0 Å². The summed E-state index contributed by atoms with van der Waals surface area (Å²) in [5.41, 5.74) is 2.87. The molecule has 0 bridgehead atoms. The van der Waals surface area contributed by atoms with Crippen molar-refractivity contribution in [2.45, 2.75) is 132 Å². The van der Waals surface area contributed by atoms with Crippen molar-refractivity contribution in [2.75, 3.05) is 14.2 Å². The van der Waals surface area contributed by atoms with Crippen LogP contribution < -0.4 is 9.47 Å². The van der Waals surface area contributed by atoms with E-state index in [2.05, 4.69) is 47.6 Å². The van der Waals surface area contributed by atoms with Gasteiger partial charge in [0.2, 0.25) is 11.5 Å². The van der Waals surface area contributed by atoms with Gasteiger partial charge in [0.1, 0.15) is 0 Å². The fraction of sp³-hybridized carbons (Fsp3) is 0.765. The average Bonchev–Trinajstić information content (AvgIpc) is 2.85. The summed E-state index contributed by atoms with van der Waals surface area (Å²) in [6.45, 7) is 15.8. The monoisotopic (exact) mass is 532 g/mol. The molecule has 0 aliphatic heterocycles. The van der Waals surface area contributed by atoms with Gasteiger partial charge in [-0.15, -0.1) is 0 Å². The Morgan fingerprint density at radius 2 is 1.05 bits per heavy atom. The predicted octanol–water partition coefficient (Wildman–Crippen LogP) is 10.2. The molecule has 0 fully saturated rings. The molecule has 0 spiro atoms. The Morgan fingerprint density at radius 1 is 0.658 bits per heavy atom. The summed E-state index contributed by atoms with van der Waals surface area (Å²) in [6, 6.07) is 0. The Balaban J connectivity index is 2.26. The van der Waals surface area contributed by atoms with Crippen LogP contribution in [0.3, 0.4) is 0 Å². The number of methoxy groups -OCH3 is 2. The molecule has 0 aromatic heterocycles. The Morgan fingerprint density at radius 3 is 1.47 bits per heavy atom. The Bertz CT molecular complexity index is 825. The van der Waals surface area contributed by atoms with E-state index in [4.69, 9.17) is 9.47 Å². The summed E-state index contributed by atoms with van der Waals surface area (Å²) in [6.07, 6.45) is 18.6. The molecule has 4 unspecified atom stereocenters. The van der Waals surface area contributed by atoms with Gasteiger partial charge in [0.25, 0.3) is 0 Å². The van der Waals surface area contributed by atoms with Gasteiger partial charge < -0.3 is 19.7 Å². The molecule has 1 aromatic rings. The quantitative estimate of drug-likeness (QED) is 0.129. The van der Waals surface area contributed by atoms with E-state index in [-0.39, 0.29) is 23.0 Å². The van der Waals surface area contributed by atoms with Crippen molar-refractivity contribution < 1.29 is 19.7 Å². The van der Waals surface area contributed by atoms with Gasteiger partial charge in [0.05, 0.1) is 14.2 Å². The van der Waals surface area contributed by atoms with Gasteiger partial charge in [-0.25, -0.2) is 0 Å². The standard InChI is InChI=1S/C34H60O4/c1-24(2)14-10-15-25(3)16-11-17-26(4)18-12-19-27(5)20-13-21-28(6)22-23-30-29(7)31(35)33(37-8)34(38-9)32(30)36/h14,25-28,35-36H,10-13,15-23H2,1-9H3. The zero-order chi connectivity index (χ0) is 28.7. The fourth-order valence-electron chi connectivity index (χ4n) is 5.60. The highest BCUT2D eigenvalue weighted by Gasteiger charge is 2.23. The Labute approximate surface area is 235 Å². The first-order valence-corrected chi connectivity index (χ1v) is 15.3. The molecule has 38 heavy (non-hydrogen) atoms. The van der Waals surface area contributed by atoms with Crippen LogP contribution in [0.2, 0.25) is 0 Å². The SMILES string of the molecule is COc1c(O)c(C)c(CCC(C)CCCC(C)CCCC(C)CCCC(C)CCC=C(C)C)c(O)c1OC. The molecule has 4 nitrogen and oxygen atoms in total. The largest absolute Gasteiger partial charge is 0.504 e. The molecule has 0 saturated carbocycles. The first-order valence-electron chi connectivity index (χ1n) is 15.3. The van der Waals surface area contributed by atoms with Crippen LogP contribution >= 0.6 is 0 Å². The summed E-state index contributed by atoms with van der Waals surface area (Å²) >= 11 is 0. The second-order valence-electron chi connectivity index (χ2n) is 12.5. The molecule has 0 saturated heterocycles. The summed E-state index contributed by atoms with van der Waals surface area (Å²) in [5, 5.41) is 21.2. The number of benzene rings is 1. The Kier molecular flexibility index (Phi) is 16.6. The van der Waals surface area contributed by atoms with Gasteiger partial charge in [0.15, 0.2) is 11.5 Å². The minimum absolute atomic E-state index is 0.0534. The second kappa shape index (κ2) is 18.4. The molecule has 0 aliphatic rings. The van der Waals surface area contributed by atoms with Crippen molar-refractivity contribution in [3.8, 4) is 23.0 Å². The van der Waals surface area contributed by atoms with E-state index in [1.165, 1.54) is 90.4 Å². The van der Waals surface area contributed by atoms with Crippen LogP contribution in [0.25, 0.3) is 0 Å². The molecule has 0 radical (unpaired) electrons. The van der Waals surface area contributed by atoms with Crippen LogP contribution in [-0.4, -0.2) is 24.4 Å². The van der Waals surface area contributed by atoms with Gasteiger partial charge >= 0.3 is 0 Å². The third kappa shape index (κ3) is 12.3. The summed E-state index contributed by atoms with van der Waals surface area (Å²) in [7, 11) is 2.95. The fourth-order valence-corrected chi connectivity index (χ4v) is 5.60. The second-order valence-corrected chi connectivity index (χ2v) is 12.5. The molecule has 2 N–H and O–H groups in total. The van der Waals surface area contributed by atoms with Crippen molar-refractivity contribution in [1.82, 2.24) is 0 Å². The lowest BCUT2D eigenvalue weighted by Crippen LogP contribution is -2.04. The molecular weight excluding hydrogens is 472 g/mol. The lowest BCUT2D eigenvalue weighted by Gasteiger charge is -2.19. The Hall–Kier alpha value is -1.84. The van der Waals surface area contributed by atoms with Gasteiger partial charge in [-0.1, -0.05) is 97.1 Å². The topological polar surface area (TPSA) is 58.9 Å². The van der Waals surface area contributed by atoms with E-state index < -0.39 is 0 Å². The summed E-state index contributed by atoms with van der Waals surface area (Å²) in [4.78, 5) is 0.